The number of ether oxygens (including phenoxy) is 2. The lowest BCUT2D eigenvalue weighted by molar-refractivity contribution is 0.0600. The second-order valence-electron chi connectivity index (χ2n) is 9.00. The summed E-state index contributed by atoms with van der Waals surface area (Å²) in [7, 11) is 1.36. The van der Waals surface area contributed by atoms with Gasteiger partial charge in [0.15, 0.2) is 0 Å². The number of nitrogens with zero attached hydrogens (tertiary/aromatic N) is 1. The Morgan fingerprint density at radius 2 is 1.32 bits per heavy atom. The smallest absolute Gasteiger partial charge is 0.337 e. The molecule has 0 aromatic heterocycles. The SMILES string of the molecule is COC(=O)c1ccc(CN(CCc2ccc(Oc3c(C)cccc3C)cc2)C(=O)c2ccccc2)cc1. The molecule has 5 nitrogen and oxygen atoms in total. The minimum Gasteiger partial charge on any atom is -0.465 e. The van der Waals surface area contributed by atoms with Gasteiger partial charge in [-0.2, -0.15) is 0 Å². The van der Waals surface area contributed by atoms with E-state index in [-0.39, 0.29) is 11.9 Å². The fourth-order valence-electron chi connectivity index (χ4n) is 4.17. The van der Waals surface area contributed by atoms with Gasteiger partial charge in [-0.05, 0) is 78.9 Å². The van der Waals surface area contributed by atoms with E-state index in [0.29, 0.717) is 30.6 Å². The van der Waals surface area contributed by atoms with E-state index in [1.807, 2.05) is 104 Å². The minimum absolute atomic E-state index is 0.0346. The van der Waals surface area contributed by atoms with Gasteiger partial charge in [-0.15, -0.1) is 0 Å². The average molecular weight is 494 g/mol. The highest BCUT2D eigenvalue weighted by Gasteiger charge is 2.17. The number of esters is 1. The van der Waals surface area contributed by atoms with Crippen LogP contribution in [0.5, 0.6) is 11.5 Å². The molecule has 0 unspecified atom stereocenters. The predicted octanol–water partition coefficient (Wildman–Crippen LogP) is 6.77. The number of benzene rings is 4. The van der Waals surface area contributed by atoms with Crippen LogP contribution >= 0.6 is 0 Å². The molecular weight excluding hydrogens is 462 g/mol. The second-order valence-corrected chi connectivity index (χ2v) is 9.00. The van der Waals surface area contributed by atoms with Crippen LogP contribution in [0.1, 0.15) is 43.0 Å². The van der Waals surface area contributed by atoms with E-state index < -0.39 is 0 Å². The predicted molar refractivity (Wildman–Crippen MR) is 145 cm³/mol. The number of aryl methyl sites for hydroxylation is 2. The summed E-state index contributed by atoms with van der Waals surface area (Å²) < 4.78 is 10.9. The first-order valence-corrected chi connectivity index (χ1v) is 12.3. The van der Waals surface area contributed by atoms with Gasteiger partial charge >= 0.3 is 5.97 Å². The number of para-hydroxylation sites is 1. The van der Waals surface area contributed by atoms with E-state index in [0.717, 1.165) is 33.8 Å². The van der Waals surface area contributed by atoms with E-state index in [2.05, 4.69) is 0 Å². The maximum Gasteiger partial charge on any atom is 0.337 e. The molecule has 0 saturated carbocycles. The number of amides is 1. The minimum atomic E-state index is -0.381. The first-order chi connectivity index (χ1) is 17.9. The highest BCUT2D eigenvalue weighted by atomic mass is 16.5. The standard InChI is InChI=1S/C32H31NO4/c1-23-8-7-9-24(2)30(23)37-29-18-14-25(15-19-29)20-21-33(31(34)27-10-5-4-6-11-27)22-26-12-16-28(17-13-26)32(35)36-3/h4-19H,20-22H2,1-3H3. The highest BCUT2D eigenvalue weighted by Crippen LogP contribution is 2.28. The first-order valence-electron chi connectivity index (χ1n) is 12.3. The zero-order valence-corrected chi connectivity index (χ0v) is 21.4. The van der Waals surface area contributed by atoms with Crippen LogP contribution in [0.3, 0.4) is 0 Å². The van der Waals surface area contributed by atoms with Gasteiger partial charge in [0.25, 0.3) is 5.91 Å². The van der Waals surface area contributed by atoms with Gasteiger partial charge in [0.2, 0.25) is 0 Å². The molecule has 4 aromatic carbocycles. The van der Waals surface area contributed by atoms with Crippen LogP contribution in [0.4, 0.5) is 0 Å². The van der Waals surface area contributed by atoms with Crippen LogP contribution < -0.4 is 4.74 Å². The molecule has 0 aliphatic heterocycles. The molecule has 0 aliphatic rings. The normalized spacial score (nSPS) is 10.6. The molecule has 0 fully saturated rings. The molecule has 5 heteroatoms. The third-order valence-corrected chi connectivity index (χ3v) is 6.28. The zero-order valence-electron chi connectivity index (χ0n) is 21.4. The third kappa shape index (κ3) is 6.64. The van der Waals surface area contributed by atoms with Crippen LogP contribution in [0.25, 0.3) is 0 Å². The highest BCUT2D eigenvalue weighted by molar-refractivity contribution is 5.94. The summed E-state index contributed by atoms with van der Waals surface area (Å²) >= 11 is 0. The molecular formula is C32H31NO4. The van der Waals surface area contributed by atoms with Gasteiger partial charge in [0.05, 0.1) is 12.7 Å². The van der Waals surface area contributed by atoms with E-state index in [4.69, 9.17) is 9.47 Å². The van der Waals surface area contributed by atoms with Gasteiger partial charge < -0.3 is 14.4 Å². The molecule has 0 saturated heterocycles. The van der Waals surface area contributed by atoms with Crippen molar-refractivity contribution in [2.75, 3.05) is 13.7 Å². The molecule has 188 valence electrons. The van der Waals surface area contributed by atoms with Crippen molar-refractivity contribution in [2.45, 2.75) is 26.8 Å². The molecule has 0 atom stereocenters. The largest absolute Gasteiger partial charge is 0.465 e. The summed E-state index contributed by atoms with van der Waals surface area (Å²) in [6.45, 7) is 5.06. The van der Waals surface area contributed by atoms with Crippen LogP contribution in [0, 0.1) is 13.8 Å². The van der Waals surface area contributed by atoms with Gasteiger partial charge in [-0.1, -0.05) is 60.7 Å². The average Bonchev–Trinajstić information content (AvgIpc) is 2.94. The number of rotatable bonds is 9. The maximum atomic E-state index is 13.3. The van der Waals surface area contributed by atoms with Crippen molar-refractivity contribution in [3.63, 3.8) is 0 Å². The van der Waals surface area contributed by atoms with Crippen LogP contribution in [0.15, 0.2) is 97.1 Å². The van der Waals surface area contributed by atoms with Gasteiger partial charge in [0, 0.05) is 18.7 Å². The molecule has 4 aromatic rings. The molecule has 0 radical (unpaired) electrons. The van der Waals surface area contributed by atoms with Crippen molar-refractivity contribution in [3.05, 3.63) is 130 Å². The Kier molecular flexibility index (Phi) is 8.37. The number of carbonyl (C=O) groups is 2. The van der Waals surface area contributed by atoms with Crippen LogP contribution in [0.2, 0.25) is 0 Å². The Morgan fingerprint density at radius 3 is 1.95 bits per heavy atom. The fourth-order valence-corrected chi connectivity index (χ4v) is 4.17. The summed E-state index contributed by atoms with van der Waals surface area (Å²) in [6, 6.07) is 30.6. The Hall–Kier alpha value is -4.38. The molecule has 0 aliphatic carbocycles. The van der Waals surface area contributed by atoms with Crippen molar-refractivity contribution in [1.82, 2.24) is 4.90 Å². The number of carbonyl (C=O) groups excluding carboxylic acids is 2. The number of methoxy groups -OCH3 is 1. The van der Waals surface area contributed by atoms with Crippen molar-refractivity contribution in [3.8, 4) is 11.5 Å². The molecule has 0 spiro atoms. The van der Waals surface area contributed by atoms with Gasteiger partial charge in [-0.3, -0.25) is 4.79 Å². The lowest BCUT2D eigenvalue weighted by Crippen LogP contribution is -2.32. The molecule has 37 heavy (non-hydrogen) atoms. The zero-order chi connectivity index (χ0) is 26.2. The molecule has 0 bridgehead atoms. The van der Waals surface area contributed by atoms with Gasteiger partial charge in [-0.25, -0.2) is 4.79 Å². The topological polar surface area (TPSA) is 55.8 Å². The van der Waals surface area contributed by atoms with E-state index in [9.17, 15) is 9.59 Å². The van der Waals surface area contributed by atoms with Crippen molar-refractivity contribution >= 4 is 11.9 Å². The molecule has 0 heterocycles. The van der Waals surface area contributed by atoms with E-state index in [1.165, 1.54) is 7.11 Å². The Bertz CT molecular complexity index is 1330. The van der Waals surface area contributed by atoms with Crippen molar-refractivity contribution < 1.29 is 19.1 Å². The van der Waals surface area contributed by atoms with Crippen LogP contribution in [-0.2, 0) is 17.7 Å². The summed E-state index contributed by atoms with van der Waals surface area (Å²) in [4.78, 5) is 26.9. The monoisotopic (exact) mass is 493 g/mol. The molecule has 4 rings (SSSR count). The van der Waals surface area contributed by atoms with Crippen molar-refractivity contribution in [2.24, 2.45) is 0 Å². The lowest BCUT2D eigenvalue weighted by Gasteiger charge is -2.23. The Morgan fingerprint density at radius 1 is 0.703 bits per heavy atom. The fraction of sp³-hybridized carbons (Fsp3) is 0.188. The van der Waals surface area contributed by atoms with Crippen molar-refractivity contribution in [1.29, 1.82) is 0 Å². The van der Waals surface area contributed by atoms with E-state index >= 15 is 0 Å². The molecule has 1 amide bonds. The molecule has 0 N–H and O–H groups in total. The maximum absolute atomic E-state index is 13.3. The summed E-state index contributed by atoms with van der Waals surface area (Å²) in [5, 5.41) is 0. The Balaban J connectivity index is 1.46. The lowest BCUT2D eigenvalue weighted by atomic mass is 10.1. The summed E-state index contributed by atoms with van der Waals surface area (Å²) in [5.74, 6) is 1.25. The Labute approximate surface area is 218 Å². The second kappa shape index (κ2) is 12.0. The summed E-state index contributed by atoms with van der Waals surface area (Å²) in [5.41, 5.74) is 5.37. The summed E-state index contributed by atoms with van der Waals surface area (Å²) in [6.07, 6.45) is 0.697. The number of hydrogen-bond acceptors (Lipinski definition) is 4. The third-order valence-electron chi connectivity index (χ3n) is 6.28. The number of hydrogen-bond donors (Lipinski definition) is 0. The quantitative estimate of drug-likeness (QED) is 0.242. The van der Waals surface area contributed by atoms with Crippen LogP contribution in [-0.4, -0.2) is 30.4 Å². The first kappa shape index (κ1) is 25.7. The van der Waals surface area contributed by atoms with Gasteiger partial charge in [0.1, 0.15) is 11.5 Å². The van der Waals surface area contributed by atoms with E-state index in [1.54, 1.807) is 12.1 Å².